The zero-order chi connectivity index (χ0) is 12.3. The maximum Gasteiger partial charge on any atom is 0.244 e. The zero-order valence-electron chi connectivity index (χ0n) is 11.3. The van der Waals surface area contributed by atoms with E-state index in [0.717, 1.165) is 31.1 Å². The summed E-state index contributed by atoms with van der Waals surface area (Å²) in [5.41, 5.74) is -0.109. The molecule has 1 amide bonds. The Labute approximate surface area is 109 Å². The third-order valence-corrected chi connectivity index (χ3v) is 5.27. The maximum absolute atomic E-state index is 12.7. The van der Waals surface area contributed by atoms with Crippen molar-refractivity contribution in [3.63, 3.8) is 0 Å². The molecule has 0 radical (unpaired) electrons. The highest BCUT2D eigenvalue weighted by Gasteiger charge is 2.62. The second-order valence-electron chi connectivity index (χ2n) is 6.91. The molecule has 0 bridgehead atoms. The van der Waals surface area contributed by atoms with Crippen molar-refractivity contribution >= 4 is 5.91 Å². The van der Waals surface area contributed by atoms with Crippen molar-refractivity contribution in [3.8, 4) is 0 Å². The maximum atomic E-state index is 12.7. The summed E-state index contributed by atoms with van der Waals surface area (Å²) in [5.74, 6) is 2.11. The molecular formula is C15H24N2O. The number of hydrogen-bond acceptors (Lipinski definition) is 2. The lowest BCUT2D eigenvalue weighted by molar-refractivity contribution is -0.134. The third-order valence-electron chi connectivity index (χ3n) is 5.27. The first kappa shape index (κ1) is 11.3. The molecule has 4 aliphatic rings. The second-order valence-corrected chi connectivity index (χ2v) is 6.91. The minimum Gasteiger partial charge on any atom is -0.322 e. The lowest BCUT2D eigenvalue weighted by atomic mass is 10.0. The number of nitrogens with zero attached hydrogens (tertiary/aromatic N) is 1. The summed E-state index contributed by atoms with van der Waals surface area (Å²) in [7, 11) is 0. The van der Waals surface area contributed by atoms with E-state index in [4.69, 9.17) is 0 Å². The smallest absolute Gasteiger partial charge is 0.244 e. The van der Waals surface area contributed by atoms with Crippen LogP contribution in [0.1, 0.15) is 58.3 Å². The highest BCUT2D eigenvalue weighted by molar-refractivity contribution is 5.92. The molecule has 0 aromatic heterocycles. The molecule has 4 rings (SSSR count). The van der Waals surface area contributed by atoms with Gasteiger partial charge in [0.15, 0.2) is 0 Å². The Morgan fingerprint density at radius 2 is 1.89 bits per heavy atom. The van der Waals surface area contributed by atoms with Gasteiger partial charge in [-0.1, -0.05) is 13.3 Å². The lowest BCUT2D eigenvalue weighted by Crippen LogP contribution is -2.47. The predicted octanol–water partition coefficient (Wildman–Crippen LogP) is 2.27. The van der Waals surface area contributed by atoms with Gasteiger partial charge < -0.3 is 4.90 Å². The monoisotopic (exact) mass is 248 g/mol. The van der Waals surface area contributed by atoms with E-state index in [1.807, 2.05) is 0 Å². The van der Waals surface area contributed by atoms with E-state index in [0.29, 0.717) is 18.1 Å². The first-order chi connectivity index (χ1) is 8.75. The molecule has 0 aromatic rings. The first-order valence-electron chi connectivity index (χ1n) is 7.85. The summed E-state index contributed by atoms with van der Waals surface area (Å²) in [6.45, 7) is 2.23. The van der Waals surface area contributed by atoms with Gasteiger partial charge >= 0.3 is 0 Å². The van der Waals surface area contributed by atoms with Gasteiger partial charge in [-0.05, 0) is 56.8 Å². The average molecular weight is 248 g/mol. The molecule has 1 unspecified atom stereocenters. The number of amides is 1. The van der Waals surface area contributed by atoms with E-state index < -0.39 is 0 Å². The second kappa shape index (κ2) is 3.72. The standard InChI is InChI=1S/C15H24N2O/c1-2-3-12-16-15(8-9-15)14(18)17(12)13(10-4-5-10)11-6-7-11/h10-13,16H,2-9H2,1H3. The molecule has 3 aliphatic carbocycles. The molecule has 3 heteroatoms. The van der Waals surface area contributed by atoms with Crippen LogP contribution < -0.4 is 5.32 Å². The molecule has 18 heavy (non-hydrogen) atoms. The van der Waals surface area contributed by atoms with Gasteiger partial charge in [-0.25, -0.2) is 0 Å². The van der Waals surface area contributed by atoms with Gasteiger partial charge in [0.2, 0.25) is 5.91 Å². The van der Waals surface area contributed by atoms with Crippen LogP contribution in [0.4, 0.5) is 0 Å². The van der Waals surface area contributed by atoms with E-state index in [1.165, 1.54) is 32.1 Å². The summed E-state index contributed by atoms with van der Waals surface area (Å²) in [5, 5.41) is 3.66. The fourth-order valence-electron chi connectivity index (χ4n) is 3.86. The number of rotatable bonds is 5. The van der Waals surface area contributed by atoms with Crippen molar-refractivity contribution in [2.24, 2.45) is 11.8 Å². The number of carbonyl (C=O) groups is 1. The van der Waals surface area contributed by atoms with Crippen molar-refractivity contribution < 1.29 is 4.79 Å². The summed E-state index contributed by atoms with van der Waals surface area (Å²) < 4.78 is 0. The van der Waals surface area contributed by atoms with Crippen LogP contribution in [0.5, 0.6) is 0 Å². The van der Waals surface area contributed by atoms with Crippen LogP contribution in [0.3, 0.4) is 0 Å². The van der Waals surface area contributed by atoms with Crippen LogP contribution in [0.25, 0.3) is 0 Å². The van der Waals surface area contributed by atoms with Gasteiger partial charge in [-0.2, -0.15) is 0 Å². The predicted molar refractivity (Wildman–Crippen MR) is 69.9 cm³/mol. The van der Waals surface area contributed by atoms with Crippen LogP contribution in [-0.2, 0) is 4.79 Å². The average Bonchev–Trinajstić information content (AvgIpc) is 3.22. The van der Waals surface area contributed by atoms with E-state index in [-0.39, 0.29) is 5.54 Å². The van der Waals surface area contributed by atoms with Crippen molar-refractivity contribution in [3.05, 3.63) is 0 Å². The molecule has 1 heterocycles. The summed E-state index contributed by atoms with van der Waals surface area (Å²) in [6.07, 6.45) is 10.2. The number of nitrogens with one attached hydrogen (secondary N) is 1. The van der Waals surface area contributed by atoms with Crippen LogP contribution in [-0.4, -0.2) is 28.6 Å². The molecule has 4 fully saturated rings. The molecular weight excluding hydrogens is 224 g/mol. The molecule has 3 saturated carbocycles. The lowest BCUT2D eigenvalue weighted by Gasteiger charge is -2.33. The Bertz CT molecular complexity index is 357. The van der Waals surface area contributed by atoms with Gasteiger partial charge in [0.25, 0.3) is 0 Å². The normalized spacial score (nSPS) is 33.8. The third kappa shape index (κ3) is 1.63. The van der Waals surface area contributed by atoms with Gasteiger partial charge in [-0.3, -0.25) is 10.1 Å². The van der Waals surface area contributed by atoms with Crippen LogP contribution in [0.2, 0.25) is 0 Å². The highest BCUT2D eigenvalue weighted by atomic mass is 16.2. The van der Waals surface area contributed by atoms with Gasteiger partial charge in [0.1, 0.15) is 0 Å². The minimum absolute atomic E-state index is 0.109. The largest absolute Gasteiger partial charge is 0.322 e. The molecule has 1 aliphatic heterocycles. The molecule has 1 spiro atoms. The summed E-state index contributed by atoms with van der Waals surface area (Å²) in [4.78, 5) is 15.1. The Morgan fingerprint density at radius 3 is 2.33 bits per heavy atom. The van der Waals surface area contributed by atoms with Crippen molar-refractivity contribution in [1.82, 2.24) is 10.2 Å². The van der Waals surface area contributed by atoms with E-state index in [9.17, 15) is 4.79 Å². The molecule has 100 valence electrons. The van der Waals surface area contributed by atoms with Crippen molar-refractivity contribution in [2.75, 3.05) is 0 Å². The Hall–Kier alpha value is -0.570. The van der Waals surface area contributed by atoms with Gasteiger partial charge in [0.05, 0.1) is 11.7 Å². The fraction of sp³-hybridized carbons (Fsp3) is 0.933. The Kier molecular flexibility index (Phi) is 2.33. The Morgan fingerprint density at radius 1 is 1.28 bits per heavy atom. The Balaban J connectivity index is 1.60. The van der Waals surface area contributed by atoms with Crippen molar-refractivity contribution in [2.45, 2.75) is 76.0 Å². The topological polar surface area (TPSA) is 32.3 Å². The van der Waals surface area contributed by atoms with Crippen LogP contribution in [0, 0.1) is 11.8 Å². The van der Waals surface area contributed by atoms with E-state index in [2.05, 4.69) is 17.1 Å². The quantitative estimate of drug-likeness (QED) is 0.809. The molecule has 1 atom stereocenters. The number of carbonyl (C=O) groups excluding carboxylic acids is 1. The molecule has 3 nitrogen and oxygen atoms in total. The van der Waals surface area contributed by atoms with Gasteiger partial charge in [-0.15, -0.1) is 0 Å². The number of hydrogen-bond donors (Lipinski definition) is 1. The van der Waals surface area contributed by atoms with E-state index >= 15 is 0 Å². The van der Waals surface area contributed by atoms with Crippen LogP contribution >= 0.6 is 0 Å². The fourth-order valence-corrected chi connectivity index (χ4v) is 3.86. The van der Waals surface area contributed by atoms with Gasteiger partial charge in [0, 0.05) is 6.04 Å². The minimum atomic E-state index is -0.109. The summed E-state index contributed by atoms with van der Waals surface area (Å²) >= 11 is 0. The molecule has 1 saturated heterocycles. The summed E-state index contributed by atoms with van der Waals surface area (Å²) in [6, 6.07) is 0.585. The van der Waals surface area contributed by atoms with Crippen LogP contribution in [0.15, 0.2) is 0 Å². The first-order valence-corrected chi connectivity index (χ1v) is 7.85. The van der Waals surface area contributed by atoms with E-state index in [1.54, 1.807) is 0 Å². The van der Waals surface area contributed by atoms with Crippen molar-refractivity contribution in [1.29, 1.82) is 0 Å². The highest BCUT2D eigenvalue weighted by Crippen LogP contribution is 2.52. The zero-order valence-corrected chi connectivity index (χ0v) is 11.3. The SMILES string of the molecule is CCCC1NC2(CC2)C(=O)N1C(C1CC1)C1CC1. The molecule has 1 N–H and O–H groups in total. The molecule has 0 aromatic carbocycles.